The largest absolute Gasteiger partial charge is 0.461 e. The molecule has 0 bridgehead atoms. The Bertz CT molecular complexity index is 1090. The second-order valence-electron chi connectivity index (χ2n) is 17.3. The van der Waals surface area contributed by atoms with Gasteiger partial charge < -0.3 is 26.4 Å². The van der Waals surface area contributed by atoms with E-state index < -0.39 is 0 Å². The average Bonchev–Trinajstić information content (AvgIpc) is 3.44. The molecule has 0 aromatic heterocycles. The number of unbranched alkanes of at least 4 members (excludes halogenated alkanes) is 1. The highest BCUT2D eigenvalue weighted by Gasteiger charge is 2.59. The fourth-order valence-electron chi connectivity index (χ4n) is 10.8. The van der Waals surface area contributed by atoms with Crippen LogP contribution in [0.4, 0.5) is 0 Å². The Morgan fingerprint density at radius 1 is 0.900 bits per heavy atom. The monoisotopic (exact) mass is 735 g/mol. The van der Waals surface area contributed by atoms with E-state index in [0.29, 0.717) is 30.8 Å². The van der Waals surface area contributed by atoms with Crippen LogP contribution < -0.4 is 16.8 Å². The number of hydrogen-bond acceptors (Lipinski definition) is 8. The molecular formula is C41H74N4O3S2. The molecule has 3 fully saturated rings. The highest BCUT2D eigenvalue weighted by Crippen LogP contribution is 2.67. The summed E-state index contributed by atoms with van der Waals surface area (Å²) in [6.45, 7) is 17.1. The molecule has 8 atom stereocenters. The lowest BCUT2D eigenvalue weighted by Gasteiger charge is -2.58. The standard InChI is InChI=1S/C41H74N4O3S2/c1-30(2)11-8-12-31(3)35-15-16-36-34-14-13-32-27-33(17-19-40(32,4)37(34)18-20-41(35,36)5)48-39(47)29-50-49-28-38(46)45(26-10-22-43)25-7-6-23-44-24-9-21-42/h13,30-31,33-37,44H,6-12,14-29,42-43H2,1-5H3/t31-,33+,34+,35-,36+,37+,40+,41-/m1/s1. The number of allylic oxidation sites excluding steroid dienone is 1. The molecule has 3 saturated carbocycles. The molecule has 0 saturated heterocycles. The van der Waals surface area contributed by atoms with Crippen molar-refractivity contribution in [3.8, 4) is 0 Å². The minimum absolute atomic E-state index is 0.0152. The van der Waals surface area contributed by atoms with Crippen LogP contribution in [-0.4, -0.2) is 73.7 Å². The van der Waals surface area contributed by atoms with E-state index in [9.17, 15) is 9.59 Å². The first kappa shape index (κ1) is 42.0. The number of hydrogen-bond donors (Lipinski definition) is 3. The Morgan fingerprint density at radius 2 is 1.64 bits per heavy atom. The van der Waals surface area contributed by atoms with E-state index in [0.717, 1.165) is 100 Å². The number of fused-ring (bicyclic) bond motifs is 5. The fraction of sp³-hybridized carbons (Fsp3) is 0.902. The van der Waals surface area contributed by atoms with Gasteiger partial charge >= 0.3 is 5.97 Å². The van der Waals surface area contributed by atoms with Gasteiger partial charge in [0.1, 0.15) is 11.9 Å². The second-order valence-corrected chi connectivity index (χ2v) is 19.8. The van der Waals surface area contributed by atoms with Crippen molar-refractivity contribution < 1.29 is 14.3 Å². The number of rotatable bonds is 22. The van der Waals surface area contributed by atoms with E-state index in [-0.39, 0.29) is 29.1 Å². The van der Waals surface area contributed by atoms with Crippen LogP contribution in [0.5, 0.6) is 0 Å². The molecular weight excluding hydrogens is 661 g/mol. The molecule has 50 heavy (non-hydrogen) atoms. The normalized spacial score (nSPS) is 31.0. The minimum Gasteiger partial charge on any atom is -0.461 e. The predicted molar refractivity (Wildman–Crippen MR) is 214 cm³/mol. The Hall–Kier alpha value is -0.740. The highest BCUT2D eigenvalue weighted by molar-refractivity contribution is 8.77. The van der Waals surface area contributed by atoms with Gasteiger partial charge in [-0.1, -0.05) is 87.1 Å². The van der Waals surface area contributed by atoms with Crippen LogP contribution in [0.25, 0.3) is 0 Å². The molecule has 0 spiro atoms. The molecule has 0 unspecified atom stereocenters. The maximum Gasteiger partial charge on any atom is 0.317 e. The van der Waals surface area contributed by atoms with Gasteiger partial charge in [-0.3, -0.25) is 9.59 Å². The topological polar surface area (TPSA) is 111 Å². The van der Waals surface area contributed by atoms with E-state index >= 15 is 0 Å². The van der Waals surface area contributed by atoms with E-state index in [4.69, 9.17) is 16.2 Å². The summed E-state index contributed by atoms with van der Waals surface area (Å²) in [5, 5.41) is 3.40. The number of nitrogens with two attached hydrogens (primary N) is 2. The van der Waals surface area contributed by atoms with Gasteiger partial charge in [-0.15, -0.1) is 0 Å². The summed E-state index contributed by atoms with van der Waals surface area (Å²) in [5.74, 6) is 5.65. The summed E-state index contributed by atoms with van der Waals surface area (Å²) < 4.78 is 6.07. The van der Waals surface area contributed by atoms with Gasteiger partial charge in [0, 0.05) is 19.5 Å². The molecule has 7 nitrogen and oxygen atoms in total. The molecule has 0 aromatic carbocycles. The van der Waals surface area contributed by atoms with Crippen LogP contribution in [-0.2, 0) is 14.3 Å². The lowest BCUT2D eigenvalue weighted by Crippen LogP contribution is -2.51. The van der Waals surface area contributed by atoms with Gasteiger partial charge in [0.15, 0.2) is 0 Å². The van der Waals surface area contributed by atoms with Gasteiger partial charge in [-0.05, 0) is 143 Å². The predicted octanol–water partition coefficient (Wildman–Crippen LogP) is 8.22. The zero-order chi connectivity index (χ0) is 36.1. The molecule has 9 heteroatoms. The first-order valence-corrected chi connectivity index (χ1v) is 23.0. The third kappa shape index (κ3) is 11.1. The van der Waals surface area contributed by atoms with Crippen molar-refractivity contribution >= 4 is 33.5 Å². The molecule has 4 aliphatic rings. The maximum atomic E-state index is 13.0. The number of carbonyl (C=O) groups is 2. The Morgan fingerprint density at radius 3 is 2.40 bits per heavy atom. The molecule has 4 aliphatic carbocycles. The number of esters is 1. The van der Waals surface area contributed by atoms with Crippen molar-refractivity contribution in [1.29, 1.82) is 0 Å². The van der Waals surface area contributed by atoms with Crippen LogP contribution in [0.1, 0.15) is 131 Å². The van der Waals surface area contributed by atoms with Crippen molar-refractivity contribution in [3.05, 3.63) is 11.6 Å². The van der Waals surface area contributed by atoms with E-state index in [2.05, 4.69) is 46.0 Å². The second kappa shape index (κ2) is 20.6. The molecule has 0 aliphatic heterocycles. The Labute approximate surface area is 314 Å². The SMILES string of the molecule is CC(C)CCC[C@@H](C)[C@H]1CC[C@H]2[C@@H]3CC=C4C[C@@H](OC(=O)CSSCC(=O)N(CCCN)CCCCNCCCN)CC[C@]4(C)[C@H]3CC[C@]12C. The van der Waals surface area contributed by atoms with Gasteiger partial charge in [0.05, 0.1) is 5.75 Å². The zero-order valence-corrected chi connectivity index (χ0v) is 34.2. The first-order valence-electron chi connectivity index (χ1n) is 20.6. The molecule has 0 radical (unpaired) electrons. The molecule has 288 valence electrons. The molecule has 5 N–H and O–H groups in total. The summed E-state index contributed by atoms with van der Waals surface area (Å²) in [6.07, 6.45) is 20.4. The third-order valence-electron chi connectivity index (χ3n) is 13.6. The van der Waals surface area contributed by atoms with Gasteiger partial charge in [0.2, 0.25) is 5.91 Å². The van der Waals surface area contributed by atoms with Crippen molar-refractivity contribution in [3.63, 3.8) is 0 Å². The summed E-state index contributed by atoms with van der Waals surface area (Å²) in [5.41, 5.74) is 13.6. The average molecular weight is 735 g/mol. The minimum atomic E-state index is -0.145. The molecule has 4 rings (SSSR count). The van der Waals surface area contributed by atoms with E-state index in [1.54, 1.807) is 5.57 Å². The van der Waals surface area contributed by atoms with Crippen LogP contribution in [0.15, 0.2) is 11.6 Å². The lowest BCUT2D eigenvalue weighted by atomic mass is 9.47. The third-order valence-corrected chi connectivity index (χ3v) is 15.7. The van der Waals surface area contributed by atoms with Gasteiger partial charge in [-0.2, -0.15) is 0 Å². The summed E-state index contributed by atoms with van der Waals surface area (Å²) in [7, 11) is 2.91. The molecule has 1 amide bonds. The summed E-state index contributed by atoms with van der Waals surface area (Å²) in [4.78, 5) is 27.8. The number of ether oxygens (including phenoxy) is 1. The van der Waals surface area contributed by atoms with Crippen LogP contribution in [0.2, 0.25) is 0 Å². The smallest absolute Gasteiger partial charge is 0.317 e. The lowest BCUT2D eigenvalue weighted by molar-refractivity contribution is -0.148. The van der Waals surface area contributed by atoms with E-state index in [1.165, 1.54) is 73.0 Å². The Kier molecular flexibility index (Phi) is 17.3. The summed E-state index contributed by atoms with van der Waals surface area (Å²) in [6, 6.07) is 0. The van der Waals surface area contributed by atoms with Crippen LogP contribution in [0.3, 0.4) is 0 Å². The van der Waals surface area contributed by atoms with E-state index in [1.807, 2.05) is 4.90 Å². The van der Waals surface area contributed by atoms with Crippen molar-refractivity contribution in [2.45, 2.75) is 137 Å². The van der Waals surface area contributed by atoms with Crippen LogP contribution >= 0.6 is 21.6 Å². The highest BCUT2D eigenvalue weighted by atomic mass is 33.1. The van der Waals surface area contributed by atoms with Crippen molar-refractivity contribution in [1.82, 2.24) is 10.2 Å². The van der Waals surface area contributed by atoms with Gasteiger partial charge in [0.25, 0.3) is 0 Å². The zero-order valence-electron chi connectivity index (χ0n) is 32.5. The number of carbonyl (C=O) groups excluding carboxylic acids is 2. The first-order chi connectivity index (χ1) is 24.0. The van der Waals surface area contributed by atoms with Crippen LogP contribution in [0, 0.1) is 46.3 Å². The van der Waals surface area contributed by atoms with Gasteiger partial charge in [-0.25, -0.2) is 0 Å². The number of nitrogens with zero attached hydrogens (tertiary/aromatic N) is 1. The summed E-state index contributed by atoms with van der Waals surface area (Å²) >= 11 is 0. The maximum absolute atomic E-state index is 13.0. The Balaban J connectivity index is 1.19. The number of amides is 1. The van der Waals surface area contributed by atoms with Crippen molar-refractivity contribution in [2.24, 2.45) is 57.8 Å². The molecule has 0 aromatic rings. The fourth-order valence-corrected chi connectivity index (χ4v) is 12.5. The molecule has 0 heterocycles. The number of nitrogens with one attached hydrogen (secondary N) is 1. The van der Waals surface area contributed by atoms with Crippen molar-refractivity contribution in [2.75, 3.05) is 50.8 Å². The quantitative estimate of drug-likeness (QED) is 0.0442.